The van der Waals surface area contributed by atoms with Crippen LogP contribution >= 0.6 is 11.8 Å². The number of esters is 1. The molecule has 1 atom stereocenters. The van der Waals surface area contributed by atoms with Gasteiger partial charge in [-0.3, -0.25) is 4.79 Å². The first kappa shape index (κ1) is 11.0. The third kappa shape index (κ3) is 2.19. The van der Waals surface area contributed by atoms with Crippen LogP contribution in [0.2, 0.25) is 0 Å². The van der Waals surface area contributed by atoms with Crippen molar-refractivity contribution in [2.24, 2.45) is 0 Å². The highest BCUT2D eigenvalue weighted by atomic mass is 32.2. The van der Waals surface area contributed by atoms with E-state index in [-0.39, 0.29) is 11.2 Å². The molecule has 16 heavy (non-hydrogen) atoms. The Kier molecular flexibility index (Phi) is 3.14. The van der Waals surface area contributed by atoms with Gasteiger partial charge in [0.05, 0.1) is 18.1 Å². The number of methoxy groups -OCH3 is 1. The van der Waals surface area contributed by atoms with Crippen LogP contribution in [0.25, 0.3) is 11.0 Å². The summed E-state index contributed by atoms with van der Waals surface area (Å²) in [6, 6.07) is 7.76. The molecule has 1 heterocycles. The Balaban J connectivity index is 2.18. The van der Waals surface area contributed by atoms with Gasteiger partial charge in [0.2, 0.25) is 0 Å². The van der Waals surface area contributed by atoms with E-state index in [4.69, 9.17) is 0 Å². The van der Waals surface area contributed by atoms with Crippen LogP contribution < -0.4 is 0 Å². The van der Waals surface area contributed by atoms with Gasteiger partial charge in [0.1, 0.15) is 5.25 Å². The second kappa shape index (κ2) is 4.57. The highest BCUT2D eigenvalue weighted by molar-refractivity contribution is 8.00. The lowest BCUT2D eigenvalue weighted by Gasteiger charge is -2.05. The van der Waals surface area contributed by atoms with E-state index < -0.39 is 0 Å². The second-order valence-corrected chi connectivity index (χ2v) is 4.67. The van der Waals surface area contributed by atoms with Crippen LogP contribution in [0.3, 0.4) is 0 Å². The van der Waals surface area contributed by atoms with E-state index in [0.717, 1.165) is 16.2 Å². The molecule has 4 nitrogen and oxygen atoms in total. The number of carbonyl (C=O) groups excluding carboxylic acids is 1. The number of hydrogen-bond acceptors (Lipinski definition) is 4. The van der Waals surface area contributed by atoms with Crippen molar-refractivity contribution in [3.63, 3.8) is 0 Å². The van der Waals surface area contributed by atoms with Crippen molar-refractivity contribution in [3.8, 4) is 0 Å². The minimum Gasteiger partial charge on any atom is -0.468 e. The Morgan fingerprint density at radius 3 is 2.94 bits per heavy atom. The quantitative estimate of drug-likeness (QED) is 0.655. The molecule has 0 aliphatic heterocycles. The maximum Gasteiger partial charge on any atom is 0.318 e. The van der Waals surface area contributed by atoms with Crippen molar-refractivity contribution in [2.45, 2.75) is 17.3 Å². The van der Waals surface area contributed by atoms with Crippen molar-refractivity contribution >= 4 is 28.8 Å². The molecule has 0 aliphatic carbocycles. The predicted molar refractivity (Wildman–Crippen MR) is 63.4 cm³/mol. The molecule has 0 spiro atoms. The molecule has 0 unspecified atom stereocenters. The molecule has 0 amide bonds. The Bertz CT molecular complexity index is 476. The number of para-hydroxylation sites is 2. The molecule has 1 aromatic carbocycles. The summed E-state index contributed by atoms with van der Waals surface area (Å²) in [5, 5.41) is 0.477. The Hall–Kier alpha value is -1.49. The van der Waals surface area contributed by atoms with Gasteiger partial charge in [-0.15, -0.1) is 0 Å². The fraction of sp³-hybridized carbons (Fsp3) is 0.273. The number of benzene rings is 1. The molecule has 2 aromatic rings. The molecule has 1 aromatic heterocycles. The first-order chi connectivity index (χ1) is 7.70. The number of thioether (sulfide) groups is 1. The lowest BCUT2D eigenvalue weighted by atomic mass is 10.3. The van der Waals surface area contributed by atoms with Gasteiger partial charge in [0, 0.05) is 0 Å². The lowest BCUT2D eigenvalue weighted by molar-refractivity contribution is -0.139. The minimum absolute atomic E-state index is 0.245. The van der Waals surface area contributed by atoms with Gasteiger partial charge in [0.15, 0.2) is 5.16 Å². The molecule has 0 fully saturated rings. The van der Waals surface area contributed by atoms with Gasteiger partial charge < -0.3 is 9.72 Å². The standard InChI is InChI=1S/C11H12N2O2S/c1-7(10(14)15-2)16-11-12-8-5-3-4-6-9(8)13-11/h3-7H,1-2H3,(H,12,13)/t7-/m1/s1. The molecular weight excluding hydrogens is 224 g/mol. The largest absolute Gasteiger partial charge is 0.468 e. The SMILES string of the molecule is COC(=O)[C@@H](C)Sc1nc2ccccc2[nH]1. The van der Waals surface area contributed by atoms with Crippen LogP contribution in [0.1, 0.15) is 6.92 Å². The number of hydrogen-bond donors (Lipinski definition) is 1. The van der Waals surface area contributed by atoms with E-state index >= 15 is 0 Å². The normalized spacial score (nSPS) is 12.6. The van der Waals surface area contributed by atoms with E-state index in [0.29, 0.717) is 0 Å². The number of ether oxygens (including phenoxy) is 1. The fourth-order valence-electron chi connectivity index (χ4n) is 1.37. The van der Waals surface area contributed by atoms with Gasteiger partial charge in [-0.05, 0) is 19.1 Å². The van der Waals surface area contributed by atoms with Gasteiger partial charge >= 0.3 is 5.97 Å². The minimum atomic E-state index is -0.259. The van der Waals surface area contributed by atoms with Crippen LogP contribution in [-0.2, 0) is 9.53 Å². The van der Waals surface area contributed by atoms with Gasteiger partial charge in [-0.1, -0.05) is 23.9 Å². The predicted octanol–water partition coefficient (Wildman–Crippen LogP) is 2.22. The Morgan fingerprint density at radius 2 is 2.25 bits per heavy atom. The van der Waals surface area contributed by atoms with Crippen LogP contribution in [0.4, 0.5) is 0 Å². The molecule has 0 saturated heterocycles. The second-order valence-electron chi connectivity index (χ2n) is 3.34. The molecule has 0 saturated carbocycles. The third-order valence-corrected chi connectivity index (χ3v) is 3.15. The summed E-state index contributed by atoms with van der Waals surface area (Å²) < 4.78 is 4.66. The summed E-state index contributed by atoms with van der Waals surface area (Å²) in [6.07, 6.45) is 0. The van der Waals surface area contributed by atoms with Gasteiger partial charge in [-0.2, -0.15) is 0 Å². The van der Waals surface area contributed by atoms with Crippen LogP contribution in [0.5, 0.6) is 0 Å². The summed E-state index contributed by atoms with van der Waals surface area (Å²) in [5.74, 6) is -0.245. The zero-order valence-corrected chi connectivity index (χ0v) is 9.88. The van der Waals surface area contributed by atoms with E-state index in [2.05, 4.69) is 14.7 Å². The summed E-state index contributed by atoms with van der Waals surface area (Å²) >= 11 is 1.36. The monoisotopic (exact) mass is 236 g/mol. The maximum atomic E-state index is 11.2. The maximum absolute atomic E-state index is 11.2. The van der Waals surface area contributed by atoms with E-state index in [1.165, 1.54) is 18.9 Å². The van der Waals surface area contributed by atoms with E-state index in [9.17, 15) is 4.79 Å². The summed E-state index contributed by atoms with van der Waals surface area (Å²) in [7, 11) is 1.39. The van der Waals surface area contributed by atoms with Gasteiger partial charge in [-0.25, -0.2) is 4.98 Å². The first-order valence-electron chi connectivity index (χ1n) is 4.90. The number of aromatic nitrogens is 2. The summed E-state index contributed by atoms with van der Waals surface area (Å²) in [4.78, 5) is 18.8. The molecular formula is C11H12N2O2S. The number of imidazole rings is 1. The zero-order valence-electron chi connectivity index (χ0n) is 9.06. The molecule has 84 valence electrons. The van der Waals surface area contributed by atoms with Crippen molar-refractivity contribution in [2.75, 3.05) is 7.11 Å². The Labute approximate surface area is 97.4 Å². The lowest BCUT2D eigenvalue weighted by Crippen LogP contribution is -2.14. The number of fused-ring (bicyclic) bond motifs is 1. The van der Waals surface area contributed by atoms with Crippen LogP contribution in [-0.4, -0.2) is 28.3 Å². The molecule has 0 bridgehead atoms. The third-order valence-electron chi connectivity index (χ3n) is 2.19. The molecule has 0 radical (unpaired) electrons. The van der Waals surface area contributed by atoms with Gasteiger partial charge in [0.25, 0.3) is 0 Å². The van der Waals surface area contributed by atoms with E-state index in [1.807, 2.05) is 24.3 Å². The first-order valence-corrected chi connectivity index (χ1v) is 5.78. The highest BCUT2D eigenvalue weighted by Gasteiger charge is 2.16. The molecule has 2 rings (SSSR count). The average Bonchev–Trinajstić information content (AvgIpc) is 2.69. The fourth-order valence-corrected chi connectivity index (χ4v) is 2.21. The number of nitrogens with zero attached hydrogens (tertiary/aromatic N) is 1. The smallest absolute Gasteiger partial charge is 0.318 e. The summed E-state index contributed by atoms with van der Waals surface area (Å²) in [6.45, 7) is 1.80. The number of carbonyl (C=O) groups is 1. The van der Waals surface area contributed by atoms with Crippen molar-refractivity contribution < 1.29 is 9.53 Å². The number of H-pyrrole nitrogens is 1. The van der Waals surface area contributed by atoms with Crippen molar-refractivity contribution in [1.29, 1.82) is 0 Å². The van der Waals surface area contributed by atoms with Crippen LogP contribution in [0, 0.1) is 0 Å². The summed E-state index contributed by atoms with van der Waals surface area (Å²) in [5.41, 5.74) is 1.88. The zero-order chi connectivity index (χ0) is 11.5. The van der Waals surface area contributed by atoms with E-state index in [1.54, 1.807) is 6.92 Å². The van der Waals surface area contributed by atoms with Crippen molar-refractivity contribution in [1.82, 2.24) is 9.97 Å². The highest BCUT2D eigenvalue weighted by Crippen LogP contribution is 2.23. The number of nitrogens with one attached hydrogen (secondary N) is 1. The topological polar surface area (TPSA) is 55.0 Å². The number of aromatic amines is 1. The Morgan fingerprint density at radius 1 is 1.50 bits per heavy atom. The van der Waals surface area contributed by atoms with Crippen LogP contribution in [0.15, 0.2) is 29.4 Å². The van der Waals surface area contributed by atoms with Crippen molar-refractivity contribution in [3.05, 3.63) is 24.3 Å². The molecule has 5 heteroatoms. The molecule has 0 aliphatic rings. The average molecular weight is 236 g/mol. The number of rotatable bonds is 3. The molecule has 1 N–H and O–H groups in total.